The van der Waals surface area contributed by atoms with Gasteiger partial charge in [-0.2, -0.15) is 0 Å². The van der Waals surface area contributed by atoms with Gasteiger partial charge in [0.25, 0.3) is 0 Å². The summed E-state index contributed by atoms with van der Waals surface area (Å²) in [6.45, 7) is 5.13. The van der Waals surface area contributed by atoms with Gasteiger partial charge in [-0.15, -0.1) is 0 Å². The second-order valence-corrected chi connectivity index (χ2v) is 4.59. The van der Waals surface area contributed by atoms with Crippen LogP contribution in [0.5, 0.6) is 0 Å². The van der Waals surface area contributed by atoms with Crippen LogP contribution in [0.3, 0.4) is 0 Å². The van der Waals surface area contributed by atoms with E-state index in [1.807, 2.05) is 19.9 Å². The molecule has 0 bridgehead atoms. The quantitative estimate of drug-likeness (QED) is 0.502. The van der Waals surface area contributed by atoms with Crippen molar-refractivity contribution in [3.8, 4) is 0 Å². The van der Waals surface area contributed by atoms with Crippen LogP contribution < -0.4 is 0 Å². The smallest absolute Gasteiger partial charge is 0.314 e. The van der Waals surface area contributed by atoms with Gasteiger partial charge in [-0.3, -0.25) is 4.79 Å². The molecule has 4 heteroatoms. The third kappa shape index (κ3) is 1.76. The van der Waals surface area contributed by atoms with E-state index >= 15 is 0 Å². The van der Waals surface area contributed by atoms with E-state index in [0.717, 1.165) is 6.42 Å². The molecule has 2 rings (SSSR count). The summed E-state index contributed by atoms with van der Waals surface area (Å²) in [5.74, 6) is -1.31. The summed E-state index contributed by atoms with van der Waals surface area (Å²) in [7, 11) is 1.41. The molecule has 0 amide bonds. The van der Waals surface area contributed by atoms with E-state index < -0.39 is 5.79 Å². The van der Waals surface area contributed by atoms with Crippen molar-refractivity contribution in [2.75, 3.05) is 20.3 Å². The van der Waals surface area contributed by atoms with Crippen molar-refractivity contribution in [1.82, 2.24) is 0 Å². The molecular weight excluding hydrogens is 208 g/mol. The zero-order valence-corrected chi connectivity index (χ0v) is 9.99. The van der Waals surface area contributed by atoms with Crippen LogP contribution in [0.15, 0.2) is 11.6 Å². The maximum absolute atomic E-state index is 11.8. The number of rotatable bonds is 1. The van der Waals surface area contributed by atoms with Gasteiger partial charge in [0.05, 0.1) is 20.3 Å². The van der Waals surface area contributed by atoms with Crippen LogP contribution in [-0.2, 0) is 19.0 Å². The van der Waals surface area contributed by atoms with Crippen LogP contribution in [0.25, 0.3) is 0 Å². The standard InChI is InChI=1S/C12H18O4/c1-8-6-9(2)10(11(13)14-3)12(7-8)15-4-5-16-12/h7,9-10H,4-6H2,1-3H3/t9-,10-/m1/s1. The SMILES string of the molecule is COC(=O)[C@H]1[C@H](C)CC(C)=CC12OCCO2. The Hall–Kier alpha value is -0.870. The topological polar surface area (TPSA) is 44.8 Å². The Kier molecular flexibility index (Phi) is 3.04. The Morgan fingerprint density at radius 3 is 2.69 bits per heavy atom. The molecule has 0 radical (unpaired) electrons. The largest absolute Gasteiger partial charge is 0.469 e. The van der Waals surface area contributed by atoms with Crippen LogP contribution >= 0.6 is 0 Å². The number of carbonyl (C=O) groups excluding carboxylic acids is 1. The van der Waals surface area contributed by atoms with Crippen molar-refractivity contribution in [1.29, 1.82) is 0 Å². The molecule has 1 spiro atoms. The van der Waals surface area contributed by atoms with Gasteiger partial charge in [-0.05, 0) is 25.3 Å². The minimum Gasteiger partial charge on any atom is -0.469 e. The maximum Gasteiger partial charge on any atom is 0.314 e. The van der Waals surface area contributed by atoms with E-state index in [4.69, 9.17) is 14.2 Å². The van der Waals surface area contributed by atoms with Crippen molar-refractivity contribution in [3.63, 3.8) is 0 Å². The first-order valence-electron chi connectivity index (χ1n) is 5.63. The van der Waals surface area contributed by atoms with Crippen molar-refractivity contribution in [2.45, 2.75) is 26.1 Å². The van der Waals surface area contributed by atoms with Crippen LogP contribution in [-0.4, -0.2) is 32.1 Å². The normalized spacial score (nSPS) is 32.6. The molecule has 0 N–H and O–H groups in total. The zero-order chi connectivity index (χ0) is 11.8. The van der Waals surface area contributed by atoms with E-state index in [0.29, 0.717) is 13.2 Å². The van der Waals surface area contributed by atoms with Gasteiger partial charge in [-0.1, -0.05) is 12.5 Å². The van der Waals surface area contributed by atoms with Crippen LogP contribution in [0.2, 0.25) is 0 Å². The van der Waals surface area contributed by atoms with E-state index in [1.165, 1.54) is 12.7 Å². The molecule has 0 saturated carbocycles. The second-order valence-electron chi connectivity index (χ2n) is 4.59. The molecule has 4 nitrogen and oxygen atoms in total. The highest BCUT2D eigenvalue weighted by atomic mass is 16.7. The third-order valence-electron chi connectivity index (χ3n) is 3.29. The molecule has 1 saturated heterocycles. The van der Waals surface area contributed by atoms with E-state index in [2.05, 4.69) is 0 Å². The summed E-state index contributed by atoms with van der Waals surface area (Å²) in [6, 6.07) is 0. The summed E-state index contributed by atoms with van der Waals surface area (Å²) >= 11 is 0. The number of hydrogen-bond donors (Lipinski definition) is 0. The summed E-state index contributed by atoms with van der Waals surface area (Å²) < 4.78 is 16.2. The van der Waals surface area contributed by atoms with Gasteiger partial charge in [0.2, 0.25) is 5.79 Å². The first kappa shape index (κ1) is 11.6. The van der Waals surface area contributed by atoms with Crippen molar-refractivity contribution >= 4 is 5.97 Å². The lowest BCUT2D eigenvalue weighted by Crippen LogP contribution is -2.48. The van der Waals surface area contributed by atoms with Crippen LogP contribution in [0.4, 0.5) is 0 Å². The Morgan fingerprint density at radius 1 is 1.50 bits per heavy atom. The first-order valence-corrected chi connectivity index (χ1v) is 5.63. The monoisotopic (exact) mass is 226 g/mol. The van der Waals surface area contributed by atoms with Gasteiger partial charge < -0.3 is 14.2 Å². The molecule has 1 fully saturated rings. The van der Waals surface area contributed by atoms with Gasteiger partial charge in [-0.25, -0.2) is 0 Å². The molecule has 2 atom stereocenters. The number of ether oxygens (including phenoxy) is 3. The summed E-state index contributed by atoms with van der Waals surface area (Å²) in [4.78, 5) is 11.8. The van der Waals surface area contributed by atoms with E-state index in [1.54, 1.807) is 0 Å². The fourth-order valence-corrected chi connectivity index (χ4v) is 2.74. The Morgan fingerprint density at radius 2 is 2.12 bits per heavy atom. The number of carbonyl (C=O) groups is 1. The molecular formula is C12H18O4. The van der Waals surface area contributed by atoms with Crippen molar-refractivity contribution in [2.24, 2.45) is 11.8 Å². The first-order chi connectivity index (χ1) is 7.59. The molecule has 1 aliphatic heterocycles. The molecule has 1 aliphatic carbocycles. The number of methoxy groups -OCH3 is 1. The second kappa shape index (κ2) is 4.18. The van der Waals surface area contributed by atoms with Gasteiger partial charge in [0.15, 0.2) is 0 Å². The third-order valence-corrected chi connectivity index (χ3v) is 3.29. The summed E-state index contributed by atoms with van der Waals surface area (Å²) in [6.07, 6.45) is 2.82. The average molecular weight is 226 g/mol. The Balaban J connectivity index is 2.35. The van der Waals surface area contributed by atoms with Gasteiger partial charge in [0, 0.05) is 0 Å². The molecule has 1 heterocycles. The van der Waals surface area contributed by atoms with Crippen molar-refractivity contribution in [3.05, 3.63) is 11.6 Å². The Labute approximate surface area is 95.6 Å². The minimum absolute atomic E-state index is 0.176. The van der Waals surface area contributed by atoms with Gasteiger partial charge in [0.1, 0.15) is 5.92 Å². The molecule has 0 unspecified atom stereocenters. The van der Waals surface area contributed by atoms with Crippen LogP contribution in [0.1, 0.15) is 20.3 Å². The number of esters is 1. The molecule has 2 aliphatic rings. The van der Waals surface area contributed by atoms with Crippen molar-refractivity contribution < 1.29 is 19.0 Å². The molecule has 0 aromatic heterocycles. The fourth-order valence-electron chi connectivity index (χ4n) is 2.74. The fraction of sp³-hybridized carbons (Fsp3) is 0.750. The highest BCUT2D eigenvalue weighted by Gasteiger charge is 2.52. The Bertz CT molecular complexity index is 315. The highest BCUT2D eigenvalue weighted by molar-refractivity contribution is 5.74. The minimum atomic E-state index is -0.880. The molecule has 90 valence electrons. The van der Waals surface area contributed by atoms with E-state index in [9.17, 15) is 4.79 Å². The maximum atomic E-state index is 11.8. The lowest BCUT2D eigenvalue weighted by atomic mass is 9.77. The van der Waals surface area contributed by atoms with Crippen LogP contribution in [0, 0.1) is 11.8 Å². The summed E-state index contributed by atoms with van der Waals surface area (Å²) in [5, 5.41) is 0. The lowest BCUT2D eigenvalue weighted by molar-refractivity contribution is -0.195. The highest BCUT2D eigenvalue weighted by Crippen LogP contribution is 2.42. The zero-order valence-electron chi connectivity index (χ0n) is 9.99. The summed E-state index contributed by atoms with van der Waals surface area (Å²) in [5.41, 5.74) is 1.20. The lowest BCUT2D eigenvalue weighted by Gasteiger charge is -2.39. The van der Waals surface area contributed by atoms with Gasteiger partial charge >= 0.3 is 5.97 Å². The predicted molar refractivity (Wildman–Crippen MR) is 57.7 cm³/mol. The average Bonchev–Trinajstić information content (AvgIpc) is 2.65. The molecule has 0 aromatic carbocycles. The molecule has 16 heavy (non-hydrogen) atoms. The number of hydrogen-bond acceptors (Lipinski definition) is 4. The number of allylic oxidation sites excluding steroid dienone is 1. The predicted octanol–water partition coefficient (Wildman–Crippen LogP) is 1.50. The molecule has 0 aromatic rings. The van der Waals surface area contributed by atoms with E-state index in [-0.39, 0.29) is 17.8 Å².